The molecule has 15 heavy (non-hydrogen) atoms. The summed E-state index contributed by atoms with van der Waals surface area (Å²) in [7, 11) is 0. The van der Waals surface area contributed by atoms with Crippen LogP contribution in [0.25, 0.3) is 0 Å². The van der Waals surface area contributed by atoms with E-state index in [2.05, 4.69) is 17.4 Å². The Bertz CT molecular complexity index is 312. The molecule has 2 N–H and O–H groups in total. The van der Waals surface area contributed by atoms with Gasteiger partial charge >= 0.3 is 0 Å². The van der Waals surface area contributed by atoms with Crippen LogP contribution in [0.2, 0.25) is 5.02 Å². The first-order chi connectivity index (χ1) is 7.29. The van der Waals surface area contributed by atoms with Gasteiger partial charge in [-0.25, -0.2) is 0 Å². The first kappa shape index (κ1) is 10.9. The van der Waals surface area contributed by atoms with Crippen LogP contribution in [-0.4, -0.2) is 17.8 Å². The van der Waals surface area contributed by atoms with E-state index >= 15 is 0 Å². The first-order valence-corrected chi connectivity index (χ1v) is 5.80. The van der Waals surface area contributed by atoms with E-state index in [1.165, 1.54) is 5.56 Å². The number of halogens is 1. The van der Waals surface area contributed by atoms with Gasteiger partial charge < -0.3 is 10.4 Å². The molecule has 1 aliphatic rings. The van der Waals surface area contributed by atoms with E-state index in [0.29, 0.717) is 12.1 Å². The second-order valence-electron chi connectivity index (χ2n) is 4.06. The number of aliphatic hydroxyl groups is 1. The molecule has 0 saturated carbocycles. The van der Waals surface area contributed by atoms with Gasteiger partial charge in [0, 0.05) is 23.7 Å². The average Bonchev–Trinajstić information content (AvgIpc) is 2.68. The lowest BCUT2D eigenvalue weighted by Gasteiger charge is -2.13. The van der Waals surface area contributed by atoms with Gasteiger partial charge in [-0.1, -0.05) is 23.7 Å². The molecule has 3 heteroatoms. The molecule has 1 fully saturated rings. The van der Waals surface area contributed by atoms with Crippen molar-refractivity contribution in [2.45, 2.75) is 31.3 Å². The SMILES string of the molecule is OCC[C@@H]1CC[C@@H](c2ccc(Cl)cc2)N1. The normalized spacial score (nSPS) is 25.7. The van der Waals surface area contributed by atoms with E-state index in [1.807, 2.05) is 12.1 Å². The number of hydrogen-bond acceptors (Lipinski definition) is 2. The van der Waals surface area contributed by atoms with E-state index in [4.69, 9.17) is 16.7 Å². The van der Waals surface area contributed by atoms with E-state index < -0.39 is 0 Å². The maximum absolute atomic E-state index is 8.86. The van der Waals surface area contributed by atoms with Crippen LogP contribution in [0, 0.1) is 0 Å². The Morgan fingerprint density at radius 1 is 1.27 bits per heavy atom. The molecule has 82 valence electrons. The largest absolute Gasteiger partial charge is 0.396 e. The Kier molecular flexibility index (Phi) is 3.62. The molecular formula is C12H16ClNO. The number of rotatable bonds is 3. The van der Waals surface area contributed by atoms with Crippen LogP contribution < -0.4 is 5.32 Å². The molecule has 0 radical (unpaired) electrons. The van der Waals surface area contributed by atoms with Crippen LogP contribution in [-0.2, 0) is 0 Å². The molecular weight excluding hydrogens is 210 g/mol. The summed E-state index contributed by atoms with van der Waals surface area (Å²) in [5.41, 5.74) is 1.29. The molecule has 1 aromatic rings. The fraction of sp³-hybridized carbons (Fsp3) is 0.500. The minimum Gasteiger partial charge on any atom is -0.396 e. The third kappa shape index (κ3) is 2.71. The molecule has 0 spiro atoms. The Labute approximate surface area is 95.3 Å². The maximum atomic E-state index is 8.86. The summed E-state index contributed by atoms with van der Waals surface area (Å²) in [6.07, 6.45) is 3.14. The van der Waals surface area contributed by atoms with Crippen molar-refractivity contribution in [2.75, 3.05) is 6.61 Å². The lowest BCUT2D eigenvalue weighted by Crippen LogP contribution is -2.24. The Morgan fingerprint density at radius 3 is 2.67 bits per heavy atom. The number of hydrogen-bond donors (Lipinski definition) is 2. The van der Waals surface area contributed by atoms with Crippen molar-refractivity contribution >= 4 is 11.6 Å². The average molecular weight is 226 g/mol. The number of benzene rings is 1. The fourth-order valence-electron chi connectivity index (χ4n) is 2.16. The van der Waals surface area contributed by atoms with Crippen molar-refractivity contribution in [1.29, 1.82) is 0 Å². The van der Waals surface area contributed by atoms with Crippen LogP contribution in [0.15, 0.2) is 24.3 Å². The van der Waals surface area contributed by atoms with Crippen molar-refractivity contribution < 1.29 is 5.11 Å². The predicted molar refractivity (Wildman–Crippen MR) is 62.1 cm³/mol. The summed E-state index contributed by atoms with van der Waals surface area (Å²) < 4.78 is 0. The molecule has 2 atom stereocenters. The van der Waals surface area contributed by atoms with Gasteiger partial charge in [-0.15, -0.1) is 0 Å². The molecule has 0 amide bonds. The van der Waals surface area contributed by atoms with Gasteiger partial charge in [-0.3, -0.25) is 0 Å². The first-order valence-electron chi connectivity index (χ1n) is 5.42. The van der Waals surface area contributed by atoms with Crippen molar-refractivity contribution in [3.8, 4) is 0 Å². The van der Waals surface area contributed by atoms with Gasteiger partial charge in [-0.2, -0.15) is 0 Å². The molecule has 0 bridgehead atoms. The Morgan fingerprint density at radius 2 is 2.00 bits per heavy atom. The third-order valence-electron chi connectivity index (χ3n) is 2.99. The van der Waals surface area contributed by atoms with Crippen LogP contribution >= 0.6 is 11.6 Å². The molecule has 2 rings (SSSR count). The summed E-state index contributed by atoms with van der Waals surface area (Å²) in [4.78, 5) is 0. The predicted octanol–water partition coefficient (Wildman–Crippen LogP) is 2.52. The van der Waals surface area contributed by atoms with Crippen molar-refractivity contribution in [2.24, 2.45) is 0 Å². The summed E-state index contributed by atoms with van der Waals surface area (Å²) in [6, 6.07) is 8.90. The second-order valence-corrected chi connectivity index (χ2v) is 4.49. The minimum atomic E-state index is 0.269. The summed E-state index contributed by atoms with van der Waals surface area (Å²) in [5, 5.41) is 13.2. The lowest BCUT2D eigenvalue weighted by molar-refractivity contribution is 0.269. The zero-order chi connectivity index (χ0) is 10.7. The highest BCUT2D eigenvalue weighted by Crippen LogP contribution is 2.28. The zero-order valence-electron chi connectivity index (χ0n) is 8.62. The van der Waals surface area contributed by atoms with Gasteiger partial charge in [0.25, 0.3) is 0 Å². The molecule has 0 unspecified atom stereocenters. The fourth-order valence-corrected chi connectivity index (χ4v) is 2.29. The van der Waals surface area contributed by atoms with Gasteiger partial charge in [0.15, 0.2) is 0 Å². The standard InChI is InChI=1S/C12H16ClNO/c13-10-3-1-9(2-4-10)12-6-5-11(14-12)7-8-15/h1-4,11-12,14-15H,5-8H2/t11-,12-/m0/s1. The molecule has 2 nitrogen and oxygen atoms in total. The highest BCUT2D eigenvalue weighted by molar-refractivity contribution is 6.30. The lowest BCUT2D eigenvalue weighted by atomic mass is 10.1. The van der Waals surface area contributed by atoms with Gasteiger partial charge in [0.1, 0.15) is 0 Å². The van der Waals surface area contributed by atoms with E-state index in [0.717, 1.165) is 24.3 Å². The van der Waals surface area contributed by atoms with Crippen molar-refractivity contribution in [3.63, 3.8) is 0 Å². The van der Waals surface area contributed by atoms with Crippen LogP contribution in [0.1, 0.15) is 30.9 Å². The van der Waals surface area contributed by atoms with E-state index in [9.17, 15) is 0 Å². The van der Waals surface area contributed by atoms with Crippen molar-refractivity contribution in [1.82, 2.24) is 5.32 Å². The number of aliphatic hydroxyl groups excluding tert-OH is 1. The highest BCUT2D eigenvalue weighted by Gasteiger charge is 2.23. The molecule has 1 aliphatic heterocycles. The van der Waals surface area contributed by atoms with Crippen molar-refractivity contribution in [3.05, 3.63) is 34.9 Å². The Balaban J connectivity index is 1.98. The van der Waals surface area contributed by atoms with Gasteiger partial charge in [0.2, 0.25) is 0 Å². The summed E-state index contributed by atoms with van der Waals surface area (Å²) in [6.45, 7) is 0.269. The molecule has 1 heterocycles. The number of nitrogens with one attached hydrogen (secondary N) is 1. The molecule has 1 saturated heterocycles. The molecule has 0 aliphatic carbocycles. The van der Waals surface area contributed by atoms with Crippen LogP contribution in [0.3, 0.4) is 0 Å². The monoisotopic (exact) mass is 225 g/mol. The maximum Gasteiger partial charge on any atom is 0.0445 e. The smallest absolute Gasteiger partial charge is 0.0445 e. The van der Waals surface area contributed by atoms with E-state index in [-0.39, 0.29) is 6.61 Å². The minimum absolute atomic E-state index is 0.269. The van der Waals surface area contributed by atoms with Crippen LogP contribution in [0.4, 0.5) is 0 Å². The zero-order valence-corrected chi connectivity index (χ0v) is 9.37. The van der Waals surface area contributed by atoms with Gasteiger partial charge in [-0.05, 0) is 37.0 Å². The molecule has 1 aromatic carbocycles. The highest BCUT2D eigenvalue weighted by atomic mass is 35.5. The third-order valence-corrected chi connectivity index (χ3v) is 3.24. The summed E-state index contributed by atoms with van der Waals surface area (Å²) in [5.74, 6) is 0. The van der Waals surface area contributed by atoms with Crippen LogP contribution in [0.5, 0.6) is 0 Å². The van der Waals surface area contributed by atoms with Gasteiger partial charge in [0.05, 0.1) is 0 Å². The quantitative estimate of drug-likeness (QED) is 0.829. The van der Waals surface area contributed by atoms with E-state index in [1.54, 1.807) is 0 Å². The molecule has 0 aromatic heterocycles. The Hall–Kier alpha value is -0.570. The second kappa shape index (κ2) is 4.97. The topological polar surface area (TPSA) is 32.3 Å². The summed E-state index contributed by atoms with van der Waals surface area (Å²) >= 11 is 5.84.